The summed E-state index contributed by atoms with van der Waals surface area (Å²) in [6.07, 6.45) is 5.70. The monoisotopic (exact) mass is 483 g/mol. The van der Waals surface area contributed by atoms with Gasteiger partial charge in [-0.15, -0.1) is 10.2 Å². The largest absolute Gasteiger partial charge is 0.333 e. The molecule has 0 aliphatic heterocycles. The molecule has 0 saturated carbocycles. The molecule has 0 bridgehead atoms. The fourth-order valence-corrected chi connectivity index (χ4v) is 4.48. The van der Waals surface area contributed by atoms with Crippen LogP contribution in [0.25, 0.3) is 28.3 Å². The van der Waals surface area contributed by atoms with Crippen molar-refractivity contribution in [3.05, 3.63) is 100 Å². The molecular formula is C27H26FN7O. The van der Waals surface area contributed by atoms with E-state index in [0.29, 0.717) is 30.2 Å². The number of aromatic nitrogens is 7. The molecule has 0 amide bonds. The molecule has 0 aliphatic carbocycles. The molecule has 0 radical (unpaired) electrons. The lowest BCUT2D eigenvalue weighted by atomic mass is 10.0. The van der Waals surface area contributed by atoms with Gasteiger partial charge in [0, 0.05) is 23.7 Å². The molecule has 1 N–H and O–H groups in total. The minimum absolute atomic E-state index is 0.242. The number of hydrogen-bond acceptors (Lipinski definition) is 5. The van der Waals surface area contributed by atoms with Gasteiger partial charge in [-0.2, -0.15) is 5.21 Å². The predicted octanol–water partition coefficient (Wildman–Crippen LogP) is 4.58. The number of aromatic amines is 1. The summed E-state index contributed by atoms with van der Waals surface area (Å²) in [6.45, 7) is 4.42. The van der Waals surface area contributed by atoms with Gasteiger partial charge >= 0.3 is 5.69 Å². The fourth-order valence-electron chi connectivity index (χ4n) is 4.48. The third kappa shape index (κ3) is 4.35. The first-order chi connectivity index (χ1) is 17.6. The first-order valence-corrected chi connectivity index (χ1v) is 12.0. The Hall–Kier alpha value is -4.40. The number of para-hydroxylation sites is 1. The molecule has 0 fully saturated rings. The van der Waals surface area contributed by atoms with E-state index in [2.05, 4.69) is 32.5 Å². The van der Waals surface area contributed by atoms with Crippen molar-refractivity contribution in [2.45, 2.75) is 39.7 Å². The number of H-pyrrole nitrogens is 1. The number of tetrazole rings is 1. The first-order valence-electron chi connectivity index (χ1n) is 12.0. The second kappa shape index (κ2) is 10.1. The Morgan fingerprint density at radius 3 is 2.58 bits per heavy atom. The molecule has 5 rings (SSSR count). The van der Waals surface area contributed by atoms with Crippen LogP contribution in [0.2, 0.25) is 0 Å². The normalized spacial score (nSPS) is 11.2. The third-order valence-electron chi connectivity index (χ3n) is 6.23. The van der Waals surface area contributed by atoms with Crippen LogP contribution in [0.5, 0.6) is 0 Å². The van der Waals surface area contributed by atoms with Gasteiger partial charge in [0.2, 0.25) is 5.82 Å². The Morgan fingerprint density at radius 1 is 1.03 bits per heavy atom. The first kappa shape index (κ1) is 23.3. The van der Waals surface area contributed by atoms with E-state index in [4.69, 9.17) is 0 Å². The van der Waals surface area contributed by atoms with Crippen LogP contribution in [0.3, 0.4) is 0 Å². The van der Waals surface area contributed by atoms with Gasteiger partial charge in [0.1, 0.15) is 11.5 Å². The van der Waals surface area contributed by atoms with Crippen molar-refractivity contribution < 1.29 is 4.39 Å². The molecule has 182 valence electrons. The maximum Gasteiger partial charge on any atom is 0.333 e. The number of pyridine rings is 1. The fraction of sp³-hybridized carbons (Fsp3) is 0.222. The lowest BCUT2D eigenvalue weighted by Crippen LogP contribution is -2.25. The summed E-state index contributed by atoms with van der Waals surface area (Å²) in [6, 6.07) is 16.7. The Labute approximate surface area is 207 Å². The summed E-state index contributed by atoms with van der Waals surface area (Å²) >= 11 is 0. The highest BCUT2D eigenvalue weighted by molar-refractivity contribution is 5.77. The molecule has 3 aromatic heterocycles. The smallest absolute Gasteiger partial charge is 0.292 e. The van der Waals surface area contributed by atoms with Crippen molar-refractivity contribution in [3.8, 4) is 28.3 Å². The number of hydrogen-bond donors (Lipinski definition) is 1. The van der Waals surface area contributed by atoms with Crippen LogP contribution < -0.4 is 5.69 Å². The molecule has 0 saturated heterocycles. The summed E-state index contributed by atoms with van der Waals surface area (Å²) in [5.41, 5.74) is 5.20. The second-order valence-electron chi connectivity index (χ2n) is 8.54. The minimum Gasteiger partial charge on any atom is -0.292 e. The van der Waals surface area contributed by atoms with Crippen LogP contribution in [0, 0.1) is 5.82 Å². The molecular weight excluding hydrogens is 457 g/mol. The Balaban J connectivity index is 1.50. The second-order valence-corrected chi connectivity index (χ2v) is 8.54. The maximum atomic E-state index is 14.8. The number of aryl methyl sites for hydroxylation is 2. The van der Waals surface area contributed by atoms with E-state index in [0.717, 1.165) is 40.8 Å². The molecule has 3 heterocycles. The van der Waals surface area contributed by atoms with E-state index in [1.54, 1.807) is 23.0 Å². The van der Waals surface area contributed by atoms with E-state index >= 15 is 0 Å². The summed E-state index contributed by atoms with van der Waals surface area (Å²) in [4.78, 5) is 17.9. The Kier molecular flexibility index (Phi) is 6.53. The maximum absolute atomic E-state index is 14.8. The van der Waals surface area contributed by atoms with Crippen LogP contribution in [-0.4, -0.2) is 34.7 Å². The SMILES string of the molecule is CCCc1cn(-c2c(F)cccc2CC)c(=O)n1Cc1ccc(-c2cccnc2-c2nn[nH]n2)cc1. The summed E-state index contributed by atoms with van der Waals surface area (Å²) < 4.78 is 18.0. The molecule has 0 spiro atoms. The van der Waals surface area contributed by atoms with E-state index < -0.39 is 5.82 Å². The summed E-state index contributed by atoms with van der Waals surface area (Å²) in [5, 5.41) is 14.2. The van der Waals surface area contributed by atoms with Gasteiger partial charge in [-0.05, 0) is 46.9 Å². The number of rotatable bonds is 8. The number of nitrogens with zero attached hydrogens (tertiary/aromatic N) is 6. The van der Waals surface area contributed by atoms with Gasteiger partial charge in [0.15, 0.2) is 0 Å². The number of halogens is 1. The topological polar surface area (TPSA) is 94.3 Å². The van der Waals surface area contributed by atoms with Crippen molar-refractivity contribution in [1.82, 2.24) is 34.7 Å². The van der Waals surface area contributed by atoms with Gasteiger partial charge < -0.3 is 0 Å². The highest BCUT2D eigenvalue weighted by Crippen LogP contribution is 2.28. The zero-order chi connectivity index (χ0) is 25.1. The van der Waals surface area contributed by atoms with Crippen LogP contribution in [0.1, 0.15) is 37.1 Å². The van der Waals surface area contributed by atoms with Crippen molar-refractivity contribution in [3.63, 3.8) is 0 Å². The van der Waals surface area contributed by atoms with Gasteiger partial charge in [-0.1, -0.05) is 62.7 Å². The predicted molar refractivity (Wildman–Crippen MR) is 135 cm³/mol. The highest BCUT2D eigenvalue weighted by Gasteiger charge is 2.18. The average Bonchev–Trinajstić information content (AvgIpc) is 3.54. The Morgan fingerprint density at radius 2 is 1.86 bits per heavy atom. The van der Waals surface area contributed by atoms with Crippen molar-refractivity contribution in [2.75, 3.05) is 0 Å². The number of benzene rings is 2. The average molecular weight is 484 g/mol. The zero-order valence-corrected chi connectivity index (χ0v) is 20.1. The lowest BCUT2D eigenvalue weighted by Gasteiger charge is -2.10. The molecule has 36 heavy (non-hydrogen) atoms. The summed E-state index contributed by atoms with van der Waals surface area (Å²) in [7, 11) is 0. The molecule has 2 aromatic carbocycles. The standard InChI is InChI=1S/C27H26FN7O/c1-3-7-21-17-35(25-19(4-2)8-5-10-23(25)28)27(36)34(21)16-18-11-13-20(14-12-18)22-9-6-15-29-24(22)26-30-32-33-31-26/h5-6,8-15,17H,3-4,7,16H2,1-2H3,(H,30,31,32,33). The number of nitrogens with one attached hydrogen (secondary N) is 1. The molecule has 0 unspecified atom stereocenters. The van der Waals surface area contributed by atoms with E-state index in [1.807, 2.05) is 49.4 Å². The van der Waals surface area contributed by atoms with E-state index in [9.17, 15) is 9.18 Å². The highest BCUT2D eigenvalue weighted by atomic mass is 19.1. The van der Waals surface area contributed by atoms with E-state index in [-0.39, 0.29) is 5.69 Å². The van der Waals surface area contributed by atoms with Gasteiger partial charge in [0.05, 0.1) is 12.2 Å². The van der Waals surface area contributed by atoms with Gasteiger partial charge in [-0.25, -0.2) is 9.18 Å². The lowest BCUT2D eigenvalue weighted by molar-refractivity contribution is 0.610. The van der Waals surface area contributed by atoms with Crippen molar-refractivity contribution in [1.29, 1.82) is 0 Å². The van der Waals surface area contributed by atoms with Crippen LogP contribution in [0.15, 0.2) is 71.8 Å². The molecule has 5 aromatic rings. The quantitative estimate of drug-likeness (QED) is 0.349. The van der Waals surface area contributed by atoms with E-state index in [1.165, 1.54) is 10.6 Å². The third-order valence-corrected chi connectivity index (χ3v) is 6.23. The molecule has 0 atom stereocenters. The molecule has 8 nitrogen and oxygen atoms in total. The van der Waals surface area contributed by atoms with Crippen molar-refractivity contribution in [2.24, 2.45) is 0 Å². The zero-order valence-electron chi connectivity index (χ0n) is 20.1. The number of imidazole rings is 1. The van der Waals surface area contributed by atoms with Crippen LogP contribution in [0.4, 0.5) is 4.39 Å². The van der Waals surface area contributed by atoms with Gasteiger partial charge in [0.25, 0.3) is 0 Å². The van der Waals surface area contributed by atoms with Gasteiger partial charge in [-0.3, -0.25) is 14.1 Å². The summed E-state index contributed by atoms with van der Waals surface area (Å²) in [5.74, 6) is 0.0289. The Bertz CT molecular complexity index is 1540. The van der Waals surface area contributed by atoms with Crippen LogP contribution in [-0.2, 0) is 19.4 Å². The van der Waals surface area contributed by atoms with Crippen LogP contribution >= 0.6 is 0 Å². The molecule has 0 aliphatic rings. The molecule has 9 heteroatoms. The minimum atomic E-state index is -0.394. The van der Waals surface area contributed by atoms with Crippen molar-refractivity contribution >= 4 is 0 Å².